The molecule has 12 nitrogen and oxygen atoms in total. The van der Waals surface area contributed by atoms with Crippen LogP contribution in [0.25, 0.3) is 0 Å². The van der Waals surface area contributed by atoms with Gasteiger partial charge >= 0.3 is 5.97 Å². The topological polar surface area (TPSA) is 215 Å². The van der Waals surface area contributed by atoms with E-state index in [9.17, 15) is 24.3 Å². The molecule has 0 aliphatic carbocycles. The molecule has 37 heavy (non-hydrogen) atoms. The number of aliphatic carboxylic acids is 1. The quantitative estimate of drug-likeness (QED) is 0.0905. The van der Waals surface area contributed by atoms with Crippen molar-refractivity contribution in [1.29, 1.82) is 0 Å². The summed E-state index contributed by atoms with van der Waals surface area (Å²) >= 11 is 0. The molecular weight excluding hydrogens is 478 g/mol. The van der Waals surface area contributed by atoms with Crippen LogP contribution in [-0.4, -0.2) is 65.5 Å². The van der Waals surface area contributed by atoms with E-state index in [1.807, 2.05) is 30.3 Å². The molecule has 0 aliphatic rings. The van der Waals surface area contributed by atoms with Crippen molar-refractivity contribution < 1.29 is 24.3 Å². The smallest absolute Gasteiger partial charge is 0.326 e. The van der Waals surface area contributed by atoms with Crippen LogP contribution in [0.3, 0.4) is 0 Å². The molecule has 0 spiro atoms. The van der Waals surface area contributed by atoms with Gasteiger partial charge in [-0.1, -0.05) is 58.0 Å². The van der Waals surface area contributed by atoms with Gasteiger partial charge in [0.05, 0.1) is 6.04 Å². The monoisotopic (exact) mass is 519 g/mol. The van der Waals surface area contributed by atoms with Crippen molar-refractivity contribution in [1.82, 2.24) is 16.0 Å². The lowest BCUT2D eigenvalue weighted by molar-refractivity contribution is -0.142. The summed E-state index contributed by atoms with van der Waals surface area (Å²) in [6.45, 7) is 7.17. The number of guanidine groups is 1. The zero-order chi connectivity index (χ0) is 28.1. The van der Waals surface area contributed by atoms with Gasteiger partial charge in [0, 0.05) is 6.54 Å². The molecule has 0 radical (unpaired) electrons. The number of rotatable bonds is 15. The second-order valence-corrected chi connectivity index (χ2v) is 9.60. The third kappa shape index (κ3) is 11.3. The van der Waals surface area contributed by atoms with Crippen molar-refractivity contribution in [2.75, 3.05) is 6.54 Å². The van der Waals surface area contributed by atoms with Gasteiger partial charge in [0.15, 0.2) is 5.96 Å². The summed E-state index contributed by atoms with van der Waals surface area (Å²) in [4.78, 5) is 54.2. The Kier molecular flexibility index (Phi) is 13.1. The SMILES string of the molecule is CC(C)C(NC(=O)C(N)Cc1ccccc1)C(=O)NC(C(=O)NC(CCCN=C(N)N)C(=O)O)C(C)C. The molecule has 10 N–H and O–H groups in total. The van der Waals surface area contributed by atoms with Crippen LogP contribution in [0.4, 0.5) is 0 Å². The zero-order valence-corrected chi connectivity index (χ0v) is 21.9. The molecule has 1 rings (SSSR count). The molecule has 0 bridgehead atoms. The first-order chi connectivity index (χ1) is 17.3. The number of amides is 3. The molecule has 12 heteroatoms. The summed E-state index contributed by atoms with van der Waals surface area (Å²) in [7, 11) is 0. The molecular formula is C25H41N7O5. The maximum absolute atomic E-state index is 13.1. The summed E-state index contributed by atoms with van der Waals surface area (Å²) in [5, 5.41) is 17.3. The van der Waals surface area contributed by atoms with E-state index in [2.05, 4.69) is 20.9 Å². The fourth-order valence-electron chi connectivity index (χ4n) is 3.56. The van der Waals surface area contributed by atoms with E-state index >= 15 is 0 Å². The molecule has 0 saturated heterocycles. The largest absolute Gasteiger partial charge is 0.480 e. The van der Waals surface area contributed by atoms with Gasteiger partial charge in [-0.05, 0) is 36.7 Å². The Morgan fingerprint density at radius 2 is 1.38 bits per heavy atom. The third-order valence-electron chi connectivity index (χ3n) is 5.69. The van der Waals surface area contributed by atoms with Gasteiger partial charge < -0.3 is 38.3 Å². The summed E-state index contributed by atoms with van der Waals surface area (Å²) in [5.41, 5.74) is 17.5. The van der Waals surface area contributed by atoms with Gasteiger partial charge in [0.1, 0.15) is 18.1 Å². The van der Waals surface area contributed by atoms with Gasteiger partial charge in [-0.15, -0.1) is 0 Å². The normalized spacial score (nSPS) is 14.2. The molecule has 3 amide bonds. The average Bonchev–Trinajstić information content (AvgIpc) is 2.82. The molecule has 206 valence electrons. The number of carboxylic acid groups (broad SMARTS) is 1. The summed E-state index contributed by atoms with van der Waals surface area (Å²) < 4.78 is 0. The van der Waals surface area contributed by atoms with Crippen molar-refractivity contribution in [2.24, 2.45) is 34.0 Å². The van der Waals surface area contributed by atoms with E-state index < -0.39 is 47.9 Å². The number of hydrogen-bond acceptors (Lipinski definition) is 6. The lowest BCUT2D eigenvalue weighted by Gasteiger charge is -2.28. The predicted molar refractivity (Wildman–Crippen MR) is 141 cm³/mol. The van der Waals surface area contributed by atoms with Crippen molar-refractivity contribution in [3.8, 4) is 0 Å². The maximum atomic E-state index is 13.1. The highest BCUT2D eigenvalue weighted by molar-refractivity contribution is 5.94. The Morgan fingerprint density at radius 1 is 0.865 bits per heavy atom. The molecule has 1 aromatic carbocycles. The molecule has 1 aromatic rings. The van der Waals surface area contributed by atoms with E-state index in [4.69, 9.17) is 17.2 Å². The first-order valence-electron chi connectivity index (χ1n) is 12.3. The van der Waals surface area contributed by atoms with Crippen molar-refractivity contribution in [3.63, 3.8) is 0 Å². The fourth-order valence-corrected chi connectivity index (χ4v) is 3.56. The summed E-state index contributed by atoms with van der Waals surface area (Å²) in [5.74, 6) is -3.68. The molecule has 0 aromatic heterocycles. The summed E-state index contributed by atoms with van der Waals surface area (Å²) in [6, 6.07) is 5.25. The average molecular weight is 520 g/mol. The number of nitrogens with two attached hydrogens (primary N) is 3. The predicted octanol–water partition coefficient (Wildman–Crippen LogP) is -0.539. The highest BCUT2D eigenvalue weighted by atomic mass is 16.4. The molecule has 0 fully saturated rings. The van der Waals surface area contributed by atoms with Gasteiger partial charge in [-0.2, -0.15) is 0 Å². The van der Waals surface area contributed by atoms with Gasteiger partial charge in [0.25, 0.3) is 0 Å². The van der Waals surface area contributed by atoms with Gasteiger partial charge in [0.2, 0.25) is 17.7 Å². The van der Waals surface area contributed by atoms with Crippen LogP contribution in [0.5, 0.6) is 0 Å². The van der Waals surface area contributed by atoms with Crippen molar-refractivity contribution >= 4 is 29.7 Å². The van der Waals surface area contributed by atoms with Crippen LogP contribution < -0.4 is 33.2 Å². The minimum atomic E-state index is -1.22. The van der Waals surface area contributed by atoms with Gasteiger partial charge in [-0.25, -0.2) is 4.79 Å². The van der Waals surface area contributed by atoms with Crippen LogP contribution in [-0.2, 0) is 25.6 Å². The number of hydrogen-bond donors (Lipinski definition) is 7. The Morgan fingerprint density at radius 3 is 1.86 bits per heavy atom. The van der Waals surface area contributed by atoms with E-state index in [0.29, 0.717) is 12.8 Å². The standard InChI is InChI=1S/C25H41N7O5/c1-14(2)19(22(34)30-18(24(36)37)11-8-12-29-25(27)28)32-23(35)20(15(3)4)31-21(33)17(26)13-16-9-6-5-7-10-16/h5-7,9-10,14-15,17-20H,8,11-13,26H2,1-4H3,(H,30,34)(H,31,33)(H,32,35)(H,36,37)(H4,27,28,29). The van der Waals surface area contributed by atoms with E-state index in [1.54, 1.807) is 27.7 Å². The first kappa shape index (κ1) is 31.4. The molecule has 0 aliphatic heterocycles. The highest BCUT2D eigenvalue weighted by Crippen LogP contribution is 2.09. The van der Waals surface area contributed by atoms with Crippen molar-refractivity contribution in [3.05, 3.63) is 35.9 Å². The van der Waals surface area contributed by atoms with Crippen LogP contribution in [0.2, 0.25) is 0 Å². The highest BCUT2D eigenvalue weighted by Gasteiger charge is 2.33. The second kappa shape index (κ2) is 15.4. The minimum absolute atomic E-state index is 0.0978. The van der Waals surface area contributed by atoms with E-state index in [-0.39, 0.29) is 30.8 Å². The first-order valence-corrected chi connectivity index (χ1v) is 12.3. The Labute approximate surface area is 217 Å². The number of nitrogens with zero attached hydrogens (tertiary/aromatic N) is 1. The lowest BCUT2D eigenvalue weighted by Crippen LogP contribution is -2.59. The molecule has 4 unspecified atom stereocenters. The maximum Gasteiger partial charge on any atom is 0.326 e. The second-order valence-electron chi connectivity index (χ2n) is 9.60. The number of nitrogens with one attached hydrogen (secondary N) is 3. The van der Waals surface area contributed by atoms with Crippen LogP contribution >= 0.6 is 0 Å². The lowest BCUT2D eigenvalue weighted by atomic mass is 9.98. The van der Waals surface area contributed by atoms with Gasteiger partial charge in [-0.3, -0.25) is 19.4 Å². The fraction of sp³-hybridized carbons (Fsp3) is 0.560. The van der Waals surface area contributed by atoms with Crippen LogP contribution in [0, 0.1) is 11.8 Å². The Bertz CT molecular complexity index is 933. The minimum Gasteiger partial charge on any atom is -0.480 e. The summed E-state index contributed by atoms with van der Waals surface area (Å²) in [6.07, 6.45) is 0.731. The van der Waals surface area contributed by atoms with Crippen LogP contribution in [0.15, 0.2) is 35.3 Å². The third-order valence-corrected chi connectivity index (χ3v) is 5.69. The van der Waals surface area contributed by atoms with E-state index in [1.165, 1.54) is 0 Å². The molecule has 4 atom stereocenters. The van der Waals surface area contributed by atoms with E-state index in [0.717, 1.165) is 5.56 Å². The number of aliphatic imine (C=N–C) groups is 1. The number of carboxylic acids is 1. The number of carbonyl (C=O) groups is 4. The van der Waals surface area contributed by atoms with Crippen molar-refractivity contribution in [2.45, 2.75) is 71.1 Å². The Balaban J connectivity index is 2.84. The molecule has 0 heterocycles. The number of benzene rings is 1. The zero-order valence-electron chi connectivity index (χ0n) is 21.9. The number of carbonyl (C=O) groups excluding carboxylic acids is 3. The van der Waals surface area contributed by atoms with Crippen LogP contribution in [0.1, 0.15) is 46.1 Å². The molecule has 0 saturated carbocycles. The Hall–Kier alpha value is -3.67.